The summed E-state index contributed by atoms with van der Waals surface area (Å²) in [4.78, 5) is 45.3. The molecule has 1 aromatic heterocycles. The fraction of sp³-hybridized carbons (Fsp3) is 0.479. The van der Waals surface area contributed by atoms with Crippen molar-refractivity contribution in [3.8, 4) is 17.0 Å². The van der Waals surface area contributed by atoms with Crippen LogP contribution in [0.2, 0.25) is 0 Å². The van der Waals surface area contributed by atoms with Gasteiger partial charge in [-0.15, -0.1) is 0 Å². The van der Waals surface area contributed by atoms with Gasteiger partial charge in [-0.25, -0.2) is 0 Å². The SMILES string of the molecule is Cc1c(C=O)cc(-c2cc3c(cc2C(=O)N2Cc4ccccc4CC2C[N+]2(C)CCCCC2)CN(C(=O)Cc2ccc(OCCC4CCOCC4)cc2)CC3)n1C. The number of ether oxygens (including phenoxy) is 2. The van der Waals surface area contributed by atoms with E-state index in [-0.39, 0.29) is 17.9 Å². The molecule has 0 N–H and O–H groups in total. The number of hydrogen-bond acceptors (Lipinski definition) is 5. The van der Waals surface area contributed by atoms with Crippen molar-refractivity contribution in [1.29, 1.82) is 0 Å². The van der Waals surface area contributed by atoms with Crippen molar-refractivity contribution in [2.75, 3.05) is 53.0 Å². The Morgan fingerprint density at radius 3 is 2.40 bits per heavy atom. The summed E-state index contributed by atoms with van der Waals surface area (Å²) < 4.78 is 14.5. The molecule has 2 saturated heterocycles. The van der Waals surface area contributed by atoms with E-state index >= 15 is 4.79 Å². The molecule has 1 atom stereocenters. The summed E-state index contributed by atoms with van der Waals surface area (Å²) >= 11 is 0. The Kier molecular flexibility index (Phi) is 11.7. The third kappa shape index (κ3) is 8.60. The van der Waals surface area contributed by atoms with Gasteiger partial charge >= 0.3 is 0 Å². The second kappa shape index (κ2) is 17.0. The van der Waals surface area contributed by atoms with Crippen molar-refractivity contribution in [3.05, 3.63) is 111 Å². The number of piperidine rings is 1. The van der Waals surface area contributed by atoms with Gasteiger partial charge in [0.1, 0.15) is 5.75 Å². The number of amides is 2. The van der Waals surface area contributed by atoms with E-state index < -0.39 is 0 Å². The lowest BCUT2D eigenvalue weighted by Crippen LogP contribution is -2.58. The van der Waals surface area contributed by atoms with E-state index in [2.05, 4.69) is 48.3 Å². The number of likely N-dealkylation sites (tertiary alicyclic amines) is 1. The number of hydrogen-bond donors (Lipinski definition) is 0. The Morgan fingerprint density at radius 1 is 0.912 bits per heavy atom. The highest BCUT2D eigenvalue weighted by Gasteiger charge is 2.38. The first-order valence-corrected chi connectivity index (χ1v) is 21.2. The standard InChI is InChI=1S/C48H59N4O5/c1-34-41(33-53)29-46(49(34)2)44-27-38-15-19-50(47(54)25-36-11-13-43(14-12-36)57-24-18-35-16-22-56-23-17-35)30-40(38)28-45(44)48(55)51-31-39-10-6-5-9-37(39)26-42(51)32-52(3)20-7-4-8-21-52/h5-6,9-14,27-29,33,35,42H,4,7-8,15-26,30-32H2,1-3H3/q+1. The van der Waals surface area contributed by atoms with Crippen molar-refractivity contribution >= 4 is 18.1 Å². The average Bonchev–Trinajstić information content (AvgIpc) is 3.52. The number of fused-ring (bicyclic) bond motifs is 2. The predicted molar refractivity (Wildman–Crippen MR) is 222 cm³/mol. The molecule has 2 amide bonds. The zero-order chi connectivity index (χ0) is 39.5. The van der Waals surface area contributed by atoms with E-state index in [4.69, 9.17) is 9.47 Å². The van der Waals surface area contributed by atoms with Crippen LogP contribution in [0.4, 0.5) is 0 Å². The Labute approximate surface area is 338 Å². The van der Waals surface area contributed by atoms with Gasteiger partial charge in [-0.3, -0.25) is 14.4 Å². The average molecular weight is 772 g/mol. The lowest BCUT2D eigenvalue weighted by atomic mass is 9.89. The van der Waals surface area contributed by atoms with Crippen LogP contribution in [0.1, 0.15) is 92.8 Å². The molecular weight excluding hydrogens is 713 g/mol. The lowest BCUT2D eigenvalue weighted by Gasteiger charge is -2.45. The van der Waals surface area contributed by atoms with Gasteiger partial charge in [0.25, 0.3) is 5.91 Å². The van der Waals surface area contributed by atoms with E-state index in [1.807, 2.05) is 53.8 Å². The van der Waals surface area contributed by atoms with Gasteiger partial charge in [0.2, 0.25) is 5.91 Å². The highest BCUT2D eigenvalue weighted by Crippen LogP contribution is 2.36. The van der Waals surface area contributed by atoms with Crippen molar-refractivity contribution in [2.24, 2.45) is 13.0 Å². The second-order valence-electron chi connectivity index (χ2n) is 17.4. The molecule has 9 nitrogen and oxygen atoms in total. The Morgan fingerprint density at radius 2 is 1.67 bits per heavy atom. The maximum Gasteiger partial charge on any atom is 0.255 e. The van der Waals surface area contributed by atoms with Crippen molar-refractivity contribution in [1.82, 2.24) is 14.4 Å². The van der Waals surface area contributed by atoms with Crippen LogP contribution in [-0.4, -0.2) is 96.0 Å². The van der Waals surface area contributed by atoms with Crippen LogP contribution in [-0.2, 0) is 48.9 Å². The van der Waals surface area contributed by atoms with Gasteiger partial charge in [0.15, 0.2) is 6.29 Å². The van der Waals surface area contributed by atoms with Gasteiger partial charge in [-0.2, -0.15) is 0 Å². The monoisotopic (exact) mass is 771 g/mol. The third-order valence-electron chi connectivity index (χ3n) is 13.5. The molecule has 0 aliphatic carbocycles. The van der Waals surface area contributed by atoms with Crippen LogP contribution < -0.4 is 4.74 Å². The van der Waals surface area contributed by atoms with Crippen LogP contribution in [0, 0.1) is 12.8 Å². The quantitative estimate of drug-likeness (QED) is 0.118. The molecule has 4 aromatic rings. The Balaban J connectivity index is 1.05. The molecule has 5 heterocycles. The van der Waals surface area contributed by atoms with Crippen LogP contribution in [0.5, 0.6) is 5.75 Å². The third-order valence-corrected chi connectivity index (χ3v) is 13.5. The fourth-order valence-corrected chi connectivity index (χ4v) is 9.79. The topological polar surface area (TPSA) is 81.1 Å². The minimum atomic E-state index is 0.0148. The molecule has 2 fully saturated rings. The highest BCUT2D eigenvalue weighted by atomic mass is 16.5. The molecule has 4 aliphatic heterocycles. The van der Waals surface area contributed by atoms with Gasteiger partial charge in [-0.1, -0.05) is 36.4 Å². The summed E-state index contributed by atoms with van der Waals surface area (Å²) in [5.74, 6) is 1.58. The Hall–Kier alpha value is -4.73. The molecule has 57 heavy (non-hydrogen) atoms. The maximum atomic E-state index is 15.3. The smallest absolute Gasteiger partial charge is 0.255 e. The minimum absolute atomic E-state index is 0.0148. The molecule has 0 spiro atoms. The molecule has 0 bridgehead atoms. The van der Waals surface area contributed by atoms with Crippen LogP contribution in [0.25, 0.3) is 11.3 Å². The van der Waals surface area contributed by atoms with Gasteiger partial charge in [0.05, 0.1) is 45.8 Å². The van der Waals surface area contributed by atoms with Crippen molar-refractivity contribution in [2.45, 2.75) is 83.8 Å². The molecule has 0 saturated carbocycles. The van der Waals surface area contributed by atoms with Crippen molar-refractivity contribution < 1.29 is 28.3 Å². The van der Waals surface area contributed by atoms with E-state index in [0.717, 1.165) is 109 Å². The summed E-state index contributed by atoms with van der Waals surface area (Å²) in [5, 5.41) is 0. The number of carbonyl (C=O) groups is 3. The maximum absolute atomic E-state index is 15.3. The normalized spacial score (nSPS) is 19.5. The number of nitrogens with zero attached hydrogens (tertiary/aromatic N) is 4. The molecule has 1 unspecified atom stereocenters. The number of benzene rings is 3. The van der Waals surface area contributed by atoms with Crippen LogP contribution in [0.15, 0.2) is 66.7 Å². The van der Waals surface area contributed by atoms with Gasteiger partial charge in [0, 0.05) is 68.0 Å². The largest absolute Gasteiger partial charge is 0.494 e. The van der Waals surface area contributed by atoms with Crippen LogP contribution in [0.3, 0.4) is 0 Å². The summed E-state index contributed by atoms with van der Waals surface area (Å²) in [6, 6.07) is 22.7. The summed E-state index contributed by atoms with van der Waals surface area (Å²) in [5.41, 5.74) is 9.49. The molecule has 4 aliphatic rings. The summed E-state index contributed by atoms with van der Waals surface area (Å²) in [7, 11) is 4.34. The number of likely N-dealkylation sites (N-methyl/N-ethyl adjacent to an activating group) is 1. The van der Waals surface area contributed by atoms with E-state index in [0.29, 0.717) is 56.1 Å². The number of aldehydes is 1. The van der Waals surface area contributed by atoms with E-state index in [1.54, 1.807) is 0 Å². The number of aromatic nitrogens is 1. The fourth-order valence-electron chi connectivity index (χ4n) is 9.79. The first-order chi connectivity index (χ1) is 27.7. The predicted octanol–water partition coefficient (Wildman–Crippen LogP) is 7.33. The van der Waals surface area contributed by atoms with Crippen LogP contribution >= 0.6 is 0 Å². The van der Waals surface area contributed by atoms with E-state index in [9.17, 15) is 9.59 Å². The molecule has 0 radical (unpaired) electrons. The summed E-state index contributed by atoms with van der Waals surface area (Å²) in [6.45, 7) is 9.16. The second-order valence-corrected chi connectivity index (χ2v) is 17.4. The number of carbonyl (C=O) groups excluding carboxylic acids is 3. The zero-order valence-corrected chi connectivity index (χ0v) is 34.1. The first kappa shape index (κ1) is 39.1. The van der Waals surface area contributed by atoms with E-state index in [1.165, 1.54) is 30.4 Å². The number of quaternary nitrogens is 1. The molecule has 300 valence electrons. The van der Waals surface area contributed by atoms with Gasteiger partial charge < -0.3 is 28.3 Å². The highest BCUT2D eigenvalue weighted by molar-refractivity contribution is 6.02. The molecule has 8 rings (SSSR count). The molecular formula is C48H59N4O5+. The first-order valence-electron chi connectivity index (χ1n) is 21.2. The Bertz CT molecular complexity index is 2090. The summed E-state index contributed by atoms with van der Waals surface area (Å²) in [6.07, 6.45) is 9.70. The zero-order valence-electron chi connectivity index (χ0n) is 34.1. The van der Waals surface area contributed by atoms with Gasteiger partial charge in [-0.05, 0) is 122 Å². The molecule has 3 aromatic carbocycles. The van der Waals surface area contributed by atoms with Crippen molar-refractivity contribution in [3.63, 3.8) is 0 Å². The number of rotatable bonds is 11. The lowest BCUT2D eigenvalue weighted by molar-refractivity contribution is -0.915. The molecule has 9 heteroatoms. The minimum Gasteiger partial charge on any atom is -0.494 e.